The lowest BCUT2D eigenvalue weighted by molar-refractivity contribution is 0.0512. The van der Waals surface area contributed by atoms with Crippen molar-refractivity contribution < 1.29 is 32.1 Å². The minimum absolute atomic E-state index is 0.0611. The van der Waals surface area contributed by atoms with Gasteiger partial charge in [-0.15, -0.1) is 6.42 Å². The number of fused-ring (bicyclic) bond motifs is 2. The smallest absolute Gasteiger partial charge is 0.319 e. The number of anilines is 2. The third-order valence-corrected chi connectivity index (χ3v) is 10.6. The molecular formula is C39H38F3N7O4. The van der Waals surface area contributed by atoms with Crippen molar-refractivity contribution >= 4 is 33.3 Å². The standard InChI is InChI=1S/C39H38F3N7O4/c1-5-26-29(41)10-9-23-14-25(52-20-50-4)15-28(30(23)26)33-32(42)34-31-36(47-38(46-34)51-19-39-11-7-13-48(39)18-24(40)16-39)49(17-21(2)53-37(31)45-33)22(3)27-8-6-12-44-35(27)43/h1,6,8-10,12,14-15,21-22,24H,7,11,13,16-20H2,2-4H3,(H2,43,44)/t21-,22?,24+,39-/m0/s1. The van der Waals surface area contributed by atoms with Crippen molar-refractivity contribution in [1.82, 2.24) is 24.8 Å². The molecule has 8 rings (SSSR count). The number of nitrogens with zero attached hydrogens (tertiary/aromatic N) is 6. The summed E-state index contributed by atoms with van der Waals surface area (Å²) in [6.07, 6.45) is 7.99. The predicted molar refractivity (Wildman–Crippen MR) is 194 cm³/mol. The summed E-state index contributed by atoms with van der Waals surface area (Å²) in [6, 6.07) is 9.14. The molecule has 14 heteroatoms. The summed E-state index contributed by atoms with van der Waals surface area (Å²) in [5, 5.41) is 0.961. The minimum Gasteiger partial charge on any atom is -0.472 e. The maximum absolute atomic E-state index is 17.5. The lowest BCUT2D eigenvalue weighted by atomic mass is 9.95. The first kappa shape index (κ1) is 34.7. The monoisotopic (exact) mass is 725 g/mol. The number of alkyl halides is 1. The number of methoxy groups -OCH3 is 1. The first-order chi connectivity index (χ1) is 25.6. The fraction of sp³-hybridized carbons (Fsp3) is 0.385. The molecule has 3 aliphatic heterocycles. The summed E-state index contributed by atoms with van der Waals surface area (Å²) in [7, 11) is 1.47. The van der Waals surface area contributed by atoms with Gasteiger partial charge in [-0.1, -0.05) is 18.1 Å². The molecule has 0 radical (unpaired) electrons. The molecule has 0 bridgehead atoms. The van der Waals surface area contributed by atoms with Crippen LogP contribution in [-0.2, 0) is 4.74 Å². The van der Waals surface area contributed by atoms with Gasteiger partial charge in [-0.2, -0.15) is 9.97 Å². The molecule has 5 aromatic rings. The van der Waals surface area contributed by atoms with Gasteiger partial charge in [0, 0.05) is 42.8 Å². The third-order valence-electron chi connectivity index (χ3n) is 10.6. The van der Waals surface area contributed by atoms with Gasteiger partial charge in [-0.25, -0.2) is 23.1 Å². The fourth-order valence-electron chi connectivity index (χ4n) is 8.12. The normalized spacial score (nSPS) is 21.6. The van der Waals surface area contributed by atoms with Crippen LogP contribution in [0, 0.1) is 24.0 Å². The third kappa shape index (κ3) is 5.97. The molecule has 11 nitrogen and oxygen atoms in total. The second-order valence-electron chi connectivity index (χ2n) is 13.9. The Morgan fingerprint density at radius 3 is 2.77 bits per heavy atom. The van der Waals surface area contributed by atoms with Gasteiger partial charge >= 0.3 is 6.01 Å². The molecule has 2 aromatic carbocycles. The van der Waals surface area contributed by atoms with Gasteiger partial charge in [0.15, 0.2) is 12.6 Å². The van der Waals surface area contributed by atoms with E-state index in [2.05, 4.69) is 20.8 Å². The number of pyridine rings is 2. The summed E-state index contributed by atoms with van der Waals surface area (Å²) < 4.78 is 71.0. The predicted octanol–water partition coefficient (Wildman–Crippen LogP) is 6.37. The number of aromatic nitrogens is 4. The van der Waals surface area contributed by atoms with E-state index >= 15 is 8.78 Å². The highest BCUT2D eigenvalue weighted by molar-refractivity contribution is 6.04. The van der Waals surface area contributed by atoms with E-state index in [1.165, 1.54) is 25.3 Å². The first-order valence-corrected chi connectivity index (χ1v) is 17.5. The molecule has 0 saturated carbocycles. The Balaban J connectivity index is 1.36. The van der Waals surface area contributed by atoms with E-state index in [0.717, 1.165) is 24.9 Å². The van der Waals surface area contributed by atoms with E-state index in [4.69, 9.17) is 41.1 Å². The number of hydrogen-bond donors (Lipinski definition) is 1. The van der Waals surface area contributed by atoms with Gasteiger partial charge in [0.25, 0.3) is 0 Å². The van der Waals surface area contributed by atoms with E-state index in [1.54, 1.807) is 18.3 Å². The number of ether oxygens (including phenoxy) is 4. The average Bonchev–Trinajstić information content (AvgIpc) is 3.63. The number of nitrogens with two attached hydrogens (primary N) is 1. The SMILES string of the molecule is C#Cc1c(F)ccc2cc(OCOC)cc(-c3nc4c5c(nc(OC[C@@]67CCCN6C[C@H](F)C7)nc5c3F)N(C(C)c3cccnc3N)C[C@H](C)O4)c12. The summed E-state index contributed by atoms with van der Waals surface area (Å²) in [5.41, 5.74) is 6.32. The molecule has 3 aliphatic rings. The van der Waals surface area contributed by atoms with Crippen LogP contribution in [-0.4, -0.2) is 82.8 Å². The summed E-state index contributed by atoms with van der Waals surface area (Å²) in [6.45, 7) is 5.25. The zero-order valence-corrected chi connectivity index (χ0v) is 29.5. The highest BCUT2D eigenvalue weighted by atomic mass is 19.1. The van der Waals surface area contributed by atoms with Crippen LogP contribution in [0.15, 0.2) is 42.6 Å². The Morgan fingerprint density at radius 2 is 1.98 bits per heavy atom. The van der Waals surface area contributed by atoms with Crippen molar-refractivity contribution in [3.63, 3.8) is 0 Å². The molecule has 2 saturated heterocycles. The summed E-state index contributed by atoms with van der Waals surface area (Å²) in [5.74, 6) is 1.95. The van der Waals surface area contributed by atoms with Crippen LogP contribution in [0.5, 0.6) is 17.6 Å². The van der Waals surface area contributed by atoms with Gasteiger partial charge in [0.05, 0.1) is 23.7 Å². The van der Waals surface area contributed by atoms with Gasteiger partial charge in [0.2, 0.25) is 5.88 Å². The van der Waals surface area contributed by atoms with E-state index < -0.39 is 35.5 Å². The van der Waals surface area contributed by atoms with Crippen LogP contribution in [0.2, 0.25) is 0 Å². The number of terminal acetylenes is 1. The van der Waals surface area contributed by atoms with Gasteiger partial charge in [0.1, 0.15) is 58.7 Å². The first-order valence-electron chi connectivity index (χ1n) is 17.5. The molecule has 3 aromatic heterocycles. The molecule has 0 aliphatic carbocycles. The second-order valence-corrected chi connectivity index (χ2v) is 13.9. The Morgan fingerprint density at radius 1 is 1.13 bits per heavy atom. The van der Waals surface area contributed by atoms with E-state index in [1.807, 2.05) is 24.8 Å². The van der Waals surface area contributed by atoms with Crippen LogP contribution >= 0.6 is 0 Å². The van der Waals surface area contributed by atoms with E-state index in [-0.39, 0.29) is 58.4 Å². The molecule has 2 N–H and O–H groups in total. The number of rotatable bonds is 9. The van der Waals surface area contributed by atoms with Crippen molar-refractivity contribution in [2.24, 2.45) is 0 Å². The zero-order valence-electron chi connectivity index (χ0n) is 29.5. The number of hydrogen-bond acceptors (Lipinski definition) is 11. The van der Waals surface area contributed by atoms with Crippen LogP contribution in [0.3, 0.4) is 0 Å². The summed E-state index contributed by atoms with van der Waals surface area (Å²) >= 11 is 0. The molecule has 274 valence electrons. The maximum Gasteiger partial charge on any atom is 0.319 e. The largest absolute Gasteiger partial charge is 0.472 e. The van der Waals surface area contributed by atoms with Crippen LogP contribution in [0.4, 0.5) is 24.8 Å². The van der Waals surface area contributed by atoms with E-state index in [9.17, 15) is 4.39 Å². The molecule has 1 unspecified atom stereocenters. The number of benzene rings is 2. The van der Waals surface area contributed by atoms with Gasteiger partial charge in [-0.05, 0) is 62.9 Å². The fourth-order valence-corrected chi connectivity index (χ4v) is 8.12. The summed E-state index contributed by atoms with van der Waals surface area (Å²) in [4.78, 5) is 22.6. The van der Waals surface area contributed by atoms with Crippen LogP contribution < -0.4 is 24.8 Å². The molecule has 0 amide bonds. The molecule has 4 atom stereocenters. The van der Waals surface area contributed by atoms with Crippen molar-refractivity contribution in [1.29, 1.82) is 0 Å². The van der Waals surface area contributed by atoms with Crippen molar-refractivity contribution in [2.45, 2.75) is 57.0 Å². The second kappa shape index (κ2) is 13.5. The Bertz CT molecular complexity index is 2290. The molecular weight excluding hydrogens is 687 g/mol. The number of halogens is 3. The minimum atomic E-state index is -0.967. The highest BCUT2D eigenvalue weighted by Gasteiger charge is 2.49. The Hall–Kier alpha value is -5.39. The van der Waals surface area contributed by atoms with Gasteiger partial charge < -0.3 is 29.6 Å². The quantitative estimate of drug-likeness (QED) is 0.135. The van der Waals surface area contributed by atoms with Crippen molar-refractivity contribution in [2.75, 3.05) is 50.8 Å². The lowest BCUT2D eigenvalue weighted by Crippen LogP contribution is -2.43. The molecule has 0 spiro atoms. The van der Waals surface area contributed by atoms with Gasteiger partial charge in [-0.3, -0.25) is 4.90 Å². The molecule has 2 fully saturated rings. The van der Waals surface area contributed by atoms with Crippen molar-refractivity contribution in [3.05, 3.63) is 65.4 Å². The van der Waals surface area contributed by atoms with Crippen LogP contribution in [0.25, 0.3) is 32.9 Å². The highest BCUT2D eigenvalue weighted by Crippen LogP contribution is 2.46. The lowest BCUT2D eigenvalue weighted by Gasteiger charge is -2.32. The number of nitrogen functional groups attached to an aromatic ring is 1. The van der Waals surface area contributed by atoms with Crippen molar-refractivity contribution in [3.8, 4) is 41.2 Å². The van der Waals surface area contributed by atoms with E-state index in [0.29, 0.717) is 42.3 Å². The Labute approximate surface area is 304 Å². The van der Waals surface area contributed by atoms with Crippen LogP contribution in [0.1, 0.15) is 50.3 Å². The topological polar surface area (TPSA) is 121 Å². The zero-order chi connectivity index (χ0) is 37.0. The molecule has 53 heavy (non-hydrogen) atoms. The maximum atomic E-state index is 17.5. The molecule has 6 heterocycles. The Kier molecular flexibility index (Phi) is 8.86. The average molecular weight is 726 g/mol.